The predicted octanol–water partition coefficient (Wildman–Crippen LogP) is 3.68. The summed E-state index contributed by atoms with van der Waals surface area (Å²) in [7, 11) is 0. The summed E-state index contributed by atoms with van der Waals surface area (Å²) in [6, 6.07) is 0. The molecule has 10 nitrogen and oxygen atoms in total. The van der Waals surface area contributed by atoms with Gasteiger partial charge < -0.3 is 36.0 Å². The third kappa shape index (κ3) is 8.22. The summed E-state index contributed by atoms with van der Waals surface area (Å²) in [5.41, 5.74) is -1.40. The predicted molar refractivity (Wildman–Crippen MR) is 177 cm³/mol. The van der Waals surface area contributed by atoms with E-state index in [9.17, 15) is 30.0 Å². The average molecular weight is 627 g/mol. The molecule has 0 aromatic carbocycles. The number of allylic oxidation sites excluding steroid dienone is 4. The minimum absolute atomic E-state index is 0.0138. The molecule has 2 aliphatic heterocycles. The van der Waals surface area contributed by atoms with E-state index in [1.54, 1.807) is 25.2 Å². The van der Waals surface area contributed by atoms with Crippen molar-refractivity contribution in [3.05, 3.63) is 58.7 Å². The summed E-state index contributed by atoms with van der Waals surface area (Å²) in [6.07, 6.45) is 4.99. The van der Waals surface area contributed by atoms with Gasteiger partial charge in [0, 0.05) is 55.5 Å². The Balaban J connectivity index is 1.90. The molecular formula is C35H54N4O6. The van der Waals surface area contributed by atoms with Gasteiger partial charge in [0.05, 0.1) is 29.2 Å². The number of fused-ring (bicyclic) bond motifs is 1. The average Bonchev–Trinajstić information content (AvgIpc) is 3.33. The van der Waals surface area contributed by atoms with Crippen LogP contribution in [0.2, 0.25) is 0 Å². The molecule has 3 rings (SSSR count). The highest BCUT2D eigenvalue weighted by Crippen LogP contribution is 2.39. The number of hydrogen-bond donors (Lipinski definition) is 6. The third-order valence-corrected chi connectivity index (χ3v) is 8.99. The molecule has 0 saturated carbocycles. The highest BCUT2D eigenvalue weighted by atomic mass is 16.3. The monoisotopic (exact) mass is 626 g/mol. The Hall–Kier alpha value is -3.05. The van der Waals surface area contributed by atoms with E-state index >= 15 is 0 Å². The van der Waals surface area contributed by atoms with Crippen molar-refractivity contribution in [2.45, 2.75) is 98.6 Å². The highest BCUT2D eigenvalue weighted by molar-refractivity contribution is 6.32. The van der Waals surface area contributed by atoms with Gasteiger partial charge in [-0.2, -0.15) is 0 Å². The molecule has 10 heteroatoms. The van der Waals surface area contributed by atoms with Crippen molar-refractivity contribution in [2.24, 2.45) is 28.7 Å². The second kappa shape index (κ2) is 14.2. The fourth-order valence-electron chi connectivity index (χ4n) is 6.08. The number of piperidine rings is 1. The first-order valence-corrected chi connectivity index (χ1v) is 16.1. The molecule has 45 heavy (non-hydrogen) atoms. The van der Waals surface area contributed by atoms with E-state index in [4.69, 9.17) is 4.99 Å². The van der Waals surface area contributed by atoms with Gasteiger partial charge in [-0.3, -0.25) is 14.6 Å². The van der Waals surface area contributed by atoms with Gasteiger partial charge in [-0.25, -0.2) is 0 Å². The van der Waals surface area contributed by atoms with Crippen molar-refractivity contribution in [2.75, 3.05) is 19.6 Å². The number of hydrogen-bond acceptors (Lipinski definition) is 9. The number of nitrogens with zero attached hydrogens (tertiary/aromatic N) is 2. The van der Waals surface area contributed by atoms with Gasteiger partial charge in [0.25, 0.3) is 5.91 Å². The number of amides is 1. The van der Waals surface area contributed by atoms with Crippen molar-refractivity contribution in [1.29, 1.82) is 0 Å². The molecule has 6 N–H and O–H groups in total. The largest absolute Gasteiger partial charge is 0.508 e. The molecule has 0 bridgehead atoms. The van der Waals surface area contributed by atoms with E-state index in [0.717, 1.165) is 19.6 Å². The molecule has 250 valence electrons. The lowest BCUT2D eigenvalue weighted by atomic mass is 9.84. The summed E-state index contributed by atoms with van der Waals surface area (Å²) in [5, 5.41) is 48.7. The van der Waals surface area contributed by atoms with Crippen LogP contribution in [-0.4, -0.2) is 85.8 Å². The van der Waals surface area contributed by atoms with Crippen molar-refractivity contribution in [3.8, 4) is 0 Å². The molecule has 0 radical (unpaired) electrons. The van der Waals surface area contributed by atoms with Crippen LogP contribution in [0.25, 0.3) is 0 Å². The summed E-state index contributed by atoms with van der Waals surface area (Å²) in [5.74, 6) is -1.81. The van der Waals surface area contributed by atoms with Gasteiger partial charge in [0.2, 0.25) is 5.78 Å². The van der Waals surface area contributed by atoms with Crippen LogP contribution in [0.15, 0.2) is 63.7 Å². The van der Waals surface area contributed by atoms with E-state index in [1.807, 2.05) is 27.7 Å². The number of aliphatic imine (C=N–C) groups is 1. The fraction of sp³-hybridized carbons (Fsp3) is 0.629. The standard InChI is InChI=1S/C35H54N4O6/c1-19(2)18-39-16-14-35(15-17-39)37-26-23(7)25(32(43)34(9,10)45)31(42)28(27(26)38-35)36-33(44)22(6)13-11-12-21(5)30(41)24(8)29(40)20(3)4/h11-13,19-21,24,29-30,38,40-41,43,45H,7,14-18H2,1-6,8-10H3,(H,36,44)/b12-11+,22-13-,32-25-/t21-,24-,29-,30-/m0/s1. The number of nitrogens with one attached hydrogen (secondary N) is 2. The number of likely N-dealkylation sites (tertiary alicyclic amines) is 1. The third-order valence-electron chi connectivity index (χ3n) is 8.99. The molecule has 1 spiro atoms. The molecule has 2 heterocycles. The smallest absolute Gasteiger partial charge is 0.251 e. The molecule has 4 atom stereocenters. The first kappa shape index (κ1) is 36.4. The van der Waals surface area contributed by atoms with Crippen LogP contribution in [0, 0.1) is 23.7 Å². The highest BCUT2D eigenvalue weighted by Gasteiger charge is 2.47. The van der Waals surface area contributed by atoms with Gasteiger partial charge in [0.1, 0.15) is 22.7 Å². The van der Waals surface area contributed by atoms with Crippen LogP contribution in [-0.2, 0) is 9.59 Å². The van der Waals surface area contributed by atoms with Crippen LogP contribution >= 0.6 is 0 Å². The van der Waals surface area contributed by atoms with Crippen molar-refractivity contribution >= 4 is 17.4 Å². The van der Waals surface area contributed by atoms with Crippen molar-refractivity contribution < 1.29 is 30.0 Å². The minimum atomic E-state index is -1.72. The Bertz CT molecular complexity index is 1320. The van der Waals surface area contributed by atoms with Gasteiger partial charge in [-0.05, 0) is 32.6 Å². The number of carbonyl (C=O) groups excluding carboxylic acids is 2. The van der Waals surface area contributed by atoms with E-state index in [-0.39, 0.29) is 34.6 Å². The maximum absolute atomic E-state index is 13.9. The van der Waals surface area contributed by atoms with Gasteiger partial charge in [0.15, 0.2) is 0 Å². The summed E-state index contributed by atoms with van der Waals surface area (Å²) < 4.78 is 0. The SMILES string of the molecule is C=C1C2=NC3(CCN(CC(C)C)CC3)NC2=C(NC(=O)/C(C)=C\C=C\[C@H](C)[C@H](O)[C@@H](C)[C@@H](O)C(C)C)C(=O)/C1=C(\O)C(C)(C)O. The maximum Gasteiger partial charge on any atom is 0.251 e. The Morgan fingerprint density at radius 1 is 1.13 bits per heavy atom. The summed E-state index contributed by atoms with van der Waals surface area (Å²) in [6.45, 7) is 22.8. The molecule has 0 unspecified atom stereocenters. The summed E-state index contributed by atoms with van der Waals surface area (Å²) >= 11 is 0. The van der Waals surface area contributed by atoms with Crippen LogP contribution < -0.4 is 10.6 Å². The molecule has 1 fully saturated rings. The zero-order valence-electron chi connectivity index (χ0n) is 28.4. The summed E-state index contributed by atoms with van der Waals surface area (Å²) in [4.78, 5) is 34.6. The number of rotatable bonds is 11. The van der Waals surface area contributed by atoms with Crippen molar-refractivity contribution in [1.82, 2.24) is 15.5 Å². The number of carbonyl (C=O) groups is 2. The van der Waals surface area contributed by atoms with Crippen LogP contribution in [0.1, 0.15) is 75.2 Å². The number of ketones is 1. The number of Topliss-reactive ketones (excluding diaryl/α,β-unsaturated/α-hetero) is 1. The molecule has 0 aromatic heterocycles. The van der Waals surface area contributed by atoms with E-state index in [0.29, 0.717) is 35.7 Å². The molecule has 1 saturated heterocycles. The molecular weight excluding hydrogens is 572 g/mol. The Labute approximate surface area is 268 Å². The molecule has 1 amide bonds. The fourth-order valence-corrected chi connectivity index (χ4v) is 6.08. The maximum atomic E-state index is 13.9. The molecule has 3 aliphatic rings. The Kier molecular flexibility index (Phi) is 11.5. The molecule has 1 aliphatic carbocycles. The van der Waals surface area contributed by atoms with Crippen LogP contribution in [0.5, 0.6) is 0 Å². The minimum Gasteiger partial charge on any atom is -0.508 e. The van der Waals surface area contributed by atoms with E-state index in [2.05, 4.69) is 36.0 Å². The molecule has 0 aromatic rings. The first-order valence-electron chi connectivity index (χ1n) is 16.1. The lowest BCUT2D eigenvalue weighted by Crippen LogP contribution is -2.50. The van der Waals surface area contributed by atoms with Crippen LogP contribution in [0.3, 0.4) is 0 Å². The van der Waals surface area contributed by atoms with Crippen molar-refractivity contribution in [3.63, 3.8) is 0 Å². The Morgan fingerprint density at radius 2 is 1.73 bits per heavy atom. The number of aliphatic hydroxyl groups is 4. The van der Waals surface area contributed by atoms with E-state index in [1.165, 1.54) is 13.8 Å². The normalized spacial score (nSPS) is 23.3. The lowest BCUT2D eigenvalue weighted by molar-refractivity contribution is -0.119. The van der Waals surface area contributed by atoms with Gasteiger partial charge >= 0.3 is 0 Å². The second-order valence-corrected chi connectivity index (χ2v) is 14.3. The Morgan fingerprint density at radius 3 is 2.27 bits per heavy atom. The van der Waals surface area contributed by atoms with E-state index < -0.39 is 40.9 Å². The first-order chi connectivity index (χ1) is 20.8. The zero-order chi connectivity index (χ0) is 34.0. The van der Waals surface area contributed by atoms with Crippen LogP contribution in [0.4, 0.5) is 0 Å². The second-order valence-electron chi connectivity index (χ2n) is 14.3. The van der Waals surface area contributed by atoms with Gasteiger partial charge in [-0.15, -0.1) is 0 Å². The number of aliphatic hydroxyl groups excluding tert-OH is 3. The topological polar surface area (TPSA) is 155 Å². The lowest BCUT2D eigenvalue weighted by Gasteiger charge is -2.38. The van der Waals surface area contributed by atoms with Gasteiger partial charge in [-0.1, -0.05) is 66.3 Å². The zero-order valence-corrected chi connectivity index (χ0v) is 28.4. The quantitative estimate of drug-likeness (QED) is 0.115.